The average molecular weight is 167 g/mol. The summed E-state index contributed by atoms with van der Waals surface area (Å²) >= 11 is 0. The summed E-state index contributed by atoms with van der Waals surface area (Å²) in [7, 11) is 0. The van der Waals surface area contributed by atoms with E-state index in [1.54, 1.807) is 5.57 Å². The van der Waals surface area contributed by atoms with Crippen molar-refractivity contribution in [2.45, 2.75) is 39.5 Å². The fraction of sp³-hybridized carbons (Fsp3) is 0.818. The van der Waals surface area contributed by atoms with Gasteiger partial charge in [-0.2, -0.15) is 0 Å². The standard InChI is InChI=1S/C11H21N/c1-3-10(4-2)9-11-5-7-12-8-6-11/h9-10,12H,3-8H2,1-2H3. The monoisotopic (exact) mass is 167 g/mol. The summed E-state index contributed by atoms with van der Waals surface area (Å²) in [5, 5.41) is 3.38. The van der Waals surface area contributed by atoms with Gasteiger partial charge in [0.2, 0.25) is 0 Å². The van der Waals surface area contributed by atoms with Crippen molar-refractivity contribution in [3.05, 3.63) is 11.6 Å². The molecule has 1 heterocycles. The normalized spacial score (nSPS) is 18.4. The maximum atomic E-state index is 3.38. The van der Waals surface area contributed by atoms with Crippen LogP contribution in [0.15, 0.2) is 11.6 Å². The smallest absolute Gasteiger partial charge is 0.00115 e. The van der Waals surface area contributed by atoms with Crippen LogP contribution in [-0.4, -0.2) is 13.1 Å². The van der Waals surface area contributed by atoms with Gasteiger partial charge in [0, 0.05) is 0 Å². The molecule has 1 heteroatoms. The second-order valence-corrected chi connectivity index (χ2v) is 3.65. The van der Waals surface area contributed by atoms with Gasteiger partial charge in [0.15, 0.2) is 0 Å². The molecule has 0 saturated carbocycles. The van der Waals surface area contributed by atoms with Crippen molar-refractivity contribution >= 4 is 0 Å². The summed E-state index contributed by atoms with van der Waals surface area (Å²) in [6.45, 7) is 6.94. The van der Waals surface area contributed by atoms with Crippen molar-refractivity contribution in [2.75, 3.05) is 13.1 Å². The van der Waals surface area contributed by atoms with Crippen LogP contribution in [0.3, 0.4) is 0 Å². The molecule has 1 aliphatic heterocycles. The Hall–Kier alpha value is -0.300. The van der Waals surface area contributed by atoms with Crippen molar-refractivity contribution in [3.8, 4) is 0 Å². The molecule has 1 aliphatic rings. The highest BCUT2D eigenvalue weighted by Gasteiger charge is 2.06. The van der Waals surface area contributed by atoms with Crippen LogP contribution in [0.4, 0.5) is 0 Å². The molecule has 0 bridgehead atoms. The molecule has 1 nitrogen and oxygen atoms in total. The van der Waals surface area contributed by atoms with Gasteiger partial charge in [0.25, 0.3) is 0 Å². The average Bonchev–Trinajstić information content (AvgIpc) is 2.16. The van der Waals surface area contributed by atoms with E-state index >= 15 is 0 Å². The Labute approximate surface area is 76.2 Å². The molecular weight excluding hydrogens is 146 g/mol. The van der Waals surface area contributed by atoms with E-state index in [0.29, 0.717) is 0 Å². The Balaban J connectivity index is 2.41. The molecule has 1 rings (SSSR count). The van der Waals surface area contributed by atoms with Gasteiger partial charge in [-0.1, -0.05) is 25.5 Å². The van der Waals surface area contributed by atoms with Crippen molar-refractivity contribution < 1.29 is 0 Å². The molecule has 12 heavy (non-hydrogen) atoms. The quantitative estimate of drug-likeness (QED) is 0.637. The summed E-state index contributed by atoms with van der Waals surface area (Å²) < 4.78 is 0. The van der Waals surface area contributed by atoms with E-state index in [2.05, 4.69) is 25.2 Å². The highest BCUT2D eigenvalue weighted by Crippen LogP contribution is 2.17. The van der Waals surface area contributed by atoms with Crippen LogP contribution in [0.5, 0.6) is 0 Å². The summed E-state index contributed by atoms with van der Waals surface area (Å²) in [5.41, 5.74) is 1.68. The van der Waals surface area contributed by atoms with Crippen LogP contribution < -0.4 is 5.32 Å². The lowest BCUT2D eigenvalue weighted by molar-refractivity contribution is 0.568. The van der Waals surface area contributed by atoms with E-state index in [9.17, 15) is 0 Å². The lowest BCUT2D eigenvalue weighted by Crippen LogP contribution is -2.23. The minimum absolute atomic E-state index is 0.832. The molecular formula is C11H21N. The van der Waals surface area contributed by atoms with E-state index in [0.717, 1.165) is 5.92 Å². The minimum atomic E-state index is 0.832. The molecule has 1 fully saturated rings. The Morgan fingerprint density at radius 1 is 1.25 bits per heavy atom. The zero-order valence-corrected chi connectivity index (χ0v) is 8.40. The molecule has 1 saturated heterocycles. The number of hydrogen-bond acceptors (Lipinski definition) is 1. The first kappa shape index (κ1) is 9.79. The van der Waals surface area contributed by atoms with Crippen molar-refractivity contribution in [2.24, 2.45) is 5.92 Å². The molecule has 0 amide bonds. The highest BCUT2D eigenvalue weighted by atomic mass is 14.9. The molecule has 0 unspecified atom stereocenters. The van der Waals surface area contributed by atoms with Crippen LogP contribution >= 0.6 is 0 Å². The molecule has 70 valence electrons. The Morgan fingerprint density at radius 3 is 2.33 bits per heavy atom. The molecule has 0 aromatic rings. The van der Waals surface area contributed by atoms with Crippen LogP contribution in [0.2, 0.25) is 0 Å². The molecule has 1 N–H and O–H groups in total. The second-order valence-electron chi connectivity index (χ2n) is 3.65. The van der Waals surface area contributed by atoms with Crippen LogP contribution in [0.25, 0.3) is 0 Å². The van der Waals surface area contributed by atoms with E-state index in [1.807, 2.05) is 0 Å². The minimum Gasteiger partial charge on any atom is -0.316 e. The lowest BCUT2D eigenvalue weighted by atomic mass is 9.96. The topological polar surface area (TPSA) is 12.0 Å². The molecule has 0 aliphatic carbocycles. The fourth-order valence-electron chi connectivity index (χ4n) is 1.77. The van der Waals surface area contributed by atoms with E-state index < -0.39 is 0 Å². The van der Waals surface area contributed by atoms with Crippen LogP contribution in [0.1, 0.15) is 39.5 Å². The zero-order valence-electron chi connectivity index (χ0n) is 8.40. The van der Waals surface area contributed by atoms with Gasteiger partial charge in [-0.05, 0) is 44.7 Å². The van der Waals surface area contributed by atoms with E-state index in [-0.39, 0.29) is 0 Å². The summed E-state index contributed by atoms with van der Waals surface area (Å²) in [6.07, 6.45) is 7.66. The van der Waals surface area contributed by atoms with Gasteiger partial charge in [0.05, 0.1) is 0 Å². The van der Waals surface area contributed by atoms with Gasteiger partial charge in [0.1, 0.15) is 0 Å². The molecule has 0 spiro atoms. The number of allylic oxidation sites excluding steroid dienone is 1. The van der Waals surface area contributed by atoms with Crippen molar-refractivity contribution in [3.63, 3.8) is 0 Å². The summed E-state index contributed by atoms with van der Waals surface area (Å²) in [5.74, 6) is 0.832. The number of nitrogens with one attached hydrogen (secondary N) is 1. The fourth-order valence-corrected chi connectivity index (χ4v) is 1.77. The second kappa shape index (κ2) is 5.36. The predicted molar refractivity (Wildman–Crippen MR) is 54.3 cm³/mol. The third kappa shape index (κ3) is 2.98. The first-order chi connectivity index (χ1) is 5.86. The largest absolute Gasteiger partial charge is 0.316 e. The Bertz CT molecular complexity index is 137. The first-order valence-electron chi connectivity index (χ1n) is 5.27. The van der Waals surface area contributed by atoms with Gasteiger partial charge < -0.3 is 5.32 Å². The maximum absolute atomic E-state index is 3.38. The lowest BCUT2D eigenvalue weighted by Gasteiger charge is -2.17. The highest BCUT2D eigenvalue weighted by molar-refractivity contribution is 5.07. The van der Waals surface area contributed by atoms with Crippen molar-refractivity contribution in [1.29, 1.82) is 0 Å². The molecule has 0 aromatic heterocycles. The van der Waals surface area contributed by atoms with E-state index in [4.69, 9.17) is 0 Å². The Morgan fingerprint density at radius 2 is 1.83 bits per heavy atom. The molecule has 0 aromatic carbocycles. The molecule has 0 radical (unpaired) electrons. The first-order valence-corrected chi connectivity index (χ1v) is 5.27. The van der Waals surface area contributed by atoms with Crippen LogP contribution in [-0.2, 0) is 0 Å². The number of hydrogen-bond donors (Lipinski definition) is 1. The summed E-state index contributed by atoms with van der Waals surface area (Å²) in [6, 6.07) is 0. The number of piperidine rings is 1. The van der Waals surface area contributed by atoms with Gasteiger partial charge in [-0.3, -0.25) is 0 Å². The van der Waals surface area contributed by atoms with Crippen LogP contribution in [0, 0.1) is 5.92 Å². The maximum Gasteiger partial charge on any atom is -0.00115 e. The third-order valence-corrected chi connectivity index (χ3v) is 2.77. The zero-order chi connectivity index (χ0) is 8.81. The van der Waals surface area contributed by atoms with Gasteiger partial charge in [-0.25, -0.2) is 0 Å². The Kier molecular flexibility index (Phi) is 4.37. The summed E-state index contributed by atoms with van der Waals surface area (Å²) in [4.78, 5) is 0. The van der Waals surface area contributed by atoms with Crippen molar-refractivity contribution in [1.82, 2.24) is 5.32 Å². The third-order valence-electron chi connectivity index (χ3n) is 2.77. The van der Waals surface area contributed by atoms with E-state index in [1.165, 1.54) is 38.8 Å². The SMILES string of the molecule is CCC(C=C1CCNCC1)CC. The van der Waals surface area contributed by atoms with Gasteiger partial charge >= 0.3 is 0 Å². The molecule has 0 atom stereocenters. The van der Waals surface area contributed by atoms with Gasteiger partial charge in [-0.15, -0.1) is 0 Å². The number of rotatable bonds is 3. The predicted octanol–water partition coefficient (Wildman–Crippen LogP) is 2.73.